The van der Waals surface area contributed by atoms with Gasteiger partial charge in [-0.15, -0.1) is 0 Å². The maximum Gasteiger partial charge on any atom is 0.238 e. The first-order valence-electron chi connectivity index (χ1n) is 19.4. The molecule has 6 aromatic heterocycles. The minimum absolute atomic E-state index is 0.575. The molecule has 260 valence electrons. The first-order chi connectivity index (χ1) is 28.2. The molecule has 6 heterocycles. The van der Waals surface area contributed by atoms with Crippen LogP contribution in [0.15, 0.2) is 156 Å². The van der Waals surface area contributed by atoms with Crippen molar-refractivity contribution in [1.29, 1.82) is 0 Å². The van der Waals surface area contributed by atoms with Crippen LogP contribution in [0.25, 0.3) is 143 Å². The SMILES string of the molecule is c1ccc2cc(-c3nc(-c4ccc5c(c4)oc4ccccc45)nc(-n4c5ccc6ccc7ccc8c9cccc%10c%11ccc4c4c5c6c7c8n(c9%10)c%114)n3)ccc2c1. The van der Waals surface area contributed by atoms with E-state index < -0.39 is 0 Å². The van der Waals surface area contributed by atoms with Gasteiger partial charge in [0.15, 0.2) is 11.6 Å². The molecule has 0 aliphatic rings. The molecule has 15 rings (SSSR count). The standard InChI is InChI=1S/C51H25N5O/c1-2-7-29-24-30(15-12-26(29)6-1)49-52-50(31-17-19-33-32-8-3-4-11-40(32)57-41(33)25-31)54-51(53-49)55-38-22-18-27-13-14-28-16-20-36-34-9-5-10-35-37-21-23-39(55)45-44(38)42(27)43(28)47(36)56(46(34)35)48(37)45/h1-25H. The third-order valence-corrected chi connectivity index (χ3v) is 12.8. The minimum atomic E-state index is 0.575. The van der Waals surface area contributed by atoms with E-state index in [2.05, 4.69) is 142 Å². The largest absolute Gasteiger partial charge is 0.456 e. The Bertz CT molecular complexity index is 4170. The van der Waals surface area contributed by atoms with Gasteiger partial charge in [-0.1, -0.05) is 115 Å². The molecule has 0 atom stereocenters. The van der Waals surface area contributed by atoms with Crippen molar-refractivity contribution in [3.8, 4) is 28.7 Å². The first kappa shape index (κ1) is 28.6. The Hall–Kier alpha value is -7.83. The zero-order chi connectivity index (χ0) is 36.7. The van der Waals surface area contributed by atoms with E-state index in [0.29, 0.717) is 17.6 Å². The summed E-state index contributed by atoms with van der Waals surface area (Å²) in [6.07, 6.45) is 0. The molecule has 57 heavy (non-hydrogen) atoms. The van der Waals surface area contributed by atoms with Crippen molar-refractivity contribution >= 4 is 114 Å². The van der Waals surface area contributed by atoms with Crippen LogP contribution in [-0.4, -0.2) is 23.9 Å². The van der Waals surface area contributed by atoms with Crippen molar-refractivity contribution in [2.45, 2.75) is 0 Å². The highest BCUT2D eigenvalue weighted by Gasteiger charge is 2.29. The summed E-state index contributed by atoms with van der Waals surface area (Å²) >= 11 is 0. The Labute approximate surface area is 321 Å². The van der Waals surface area contributed by atoms with Crippen LogP contribution in [0.4, 0.5) is 0 Å². The number of aromatic nitrogens is 5. The third-order valence-electron chi connectivity index (χ3n) is 12.8. The van der Waals surface area contributed by atoms with E-state index in [4.69, 9.17) is 19.4 Å². The second-order valence-electron chi connectivity index (χ2n) is 15.6. The van der Waals surface area contributed by atoms with Gasteiger partial charge in [-0.05, 0) is 57.9 Å². The van der Waals surface area contributed by atoms with E-state index in [1.165, 1.54) is 75.8 Å². The van der Waals surface area contributed by atoms with Gasteiger partial charge < -0.3 is 8.82 Å². The summed E-state index contributed by atoms with van der Waals surface area (Å²) in [5, 5.41) is 17.1. The van der Waals surface area contributed by atoms with Crippen LogP contribution in [0.2, 0.25) is 0 Å². The average molecular weight is 724 g/mol. The lowest BCUT2D eigenvalue weighted by Gasteiger charge is -2.12. The summed E-state index contributed by atoms with van der Waals surface area (Å²) in [7, 11) is 0. The molecule has 0 unspecified atom stereocenters. The van der Waals surface area contributed by atoms with Crippen LogP contribution in [0.3, 0.4) is 0 Å². The summed E-state index contributed by atoms with van der Waals surface area (Å²) < 4.78 is 11.2. The maximum absolute atomic E-state index is 6.37. The highest BCUT2D eigenvalue weighted by Crippen LogP contribution is 2.51. The number of benzene rings is 9. The molecule has 0 radical (unpaired) electrons. The van der Waals surface area contributed by atoms with E-state index in [9.17, 15) is 0 Å². The maximum atomic E-state index is 6.37. The fraction of sp³-hybridized carbons (Fsp3) is 0. The number of hydrogen-bond donors (Lipinski definition) is 0. The Kier molecular flexibility index (Phi) is 4.86. The molecular formula is C51H25N5O. The van der Waals surface area contributed by atoms with Gasteiger partial charge in [0.25, 0.3) is 0 Å². The van der Waals surface area contributed by atoms with Gasteiger partial charge in [-0.2, -0.15) is 9.97 Å². The van der Waals surface area contributed by atoms with Gasteiger partial charge >= 0.3 is 0 Å². The predicted octanol–water partition coefficient (Wildman–Crippen LogP) is 13.1. The number of hydrogen-bond acceptors (Lipinski definition) is 4. The van der Waals surface area contributed by atoms with Crippen molar-refractivity contribution in [3.63, 3.8) is 0 Å². The van der Waals surface area contributed by atoms with E-state index in [0.717, 1.165) is 49.5 Å². The van der Waals surface area contributed by atoms with Crippen molar-refractivity contribution in [2.24, 2.45) is 0 Å². The molecule has 0 N–H and O–H groups in total. The van der Waals surface area contributed by atoms with E-state index in [1.807, 2.05) is 18.2 Å². The highest BCUT2D eigenvalue weighted by molar-refractivity contribution is 6.41. The minimum Gasteiger partial charge on any atom is -0.456 e. The fourth-order valence-corrected chi connectivity index (χ4v) is 10.4. The Morgan fingerprint density at radius 1 is 0.368 bits per heavy atom. The van der Waals surface area contributed by atoms with E-state index >= 15 is 0 Å². The van der Waals surface area contributed by atoms with Crippen LogP contribution in [-0.2, 0) is 0 Å². The normalized spacial score (nSPS) is 12.9. The molecule has 15 aromatic rings. The van der Waals surface area contributed by atoms with Crippen molar-refractivity contribution in [1.82, 2.24) is 23.9 Å². The summed E-state index contributed by atoms with van der Waals surface area (Å²) in [6.45, 7) is 0. The summed E-state index contributed by atoms with van der Waals surface area (Å²) in [5.74, 6) is 1.78. The molecule has 0 spiro atoms. The molecule has 0 aliphatic heterocycles. The molecular weight excluding hydrogens is 699 g/mol. The summed E-state index contributed by atoms with van der Waals surface area (Å²) in [4.78, 5) is 16.0. The topological polar surface area (TPSA) is 61.2 Å². The van der Waals surface area contributed by atoms with Gasteiger partial charge in [-0.25, -0.2) is 4.98 Å². The second-order valence-corrected chi connectivity index (χ2v) is 15.6. The number of fused-ring (bicyclic) bond motifs is 6. The number of nitrogens with zero attached hydrogens (tertiary/aromatic N) is 5. The Morgan fingerprint density at radius 3 is 1.82 bits per heavy atom. The van der Waals surface area contributed by atoms with Gasteiger partial charge in [0.1, 0.15) is 11.2 Å². The lowest BCUT2D eigenvalue weighted by atomic mass is 9.96. The monoisotopic (exact) mass is 723 g/mol. The summed E-state index contributed by atoms with van der Waals surface area (Å²) in [5.41, 5.74) is 9.42. The molecule has 0 amide bonds. The van der Waals surface area contributed by atoms with Crippen molar-refractivity contribution < 1.29 is 4.42 Å². The molecule has 0 fully saturated rings. The van der Waals surface area contributed by atoms with E-state index in [-0.39, 0.29) is 0 Å². The lowest BCUT2D eigenvalue weighted by molar-refractivity contribution is 0.669. The number of rotatable bonds is 3. The average Bonchev–Trinajstić information content (AvgIpc) is 3.98. The number of furan rings is 1. The molecule has 0 saturated carbocycles. The van der Waals surface area contributed by atoms with Crippen LogP contribution >= 0.6 is 0 Å². The Morgan fingerprint density at radius 2 is 0.947 bits per heavy atom. The van der Waals surface area contributed by atoms with Gasteiger partial charge in [0.05, 0.1) is 27.6 Å². The predicted molar refractivity (Wildman–Crippen MR) is 233 cm³/mol. The lowest BCUT2D eigenvalue weighted by Crippen LogP contribution is -2.06. The molecule has 0 saturated heterocycles. The third kappa shape index (κ3) is 3.38. The van der Waals surface area contributed by atoms with Gasteiger partial charge in [-0.3, -0.25) is 4.57 Å². The van der Waals surface area contributed by atoms with E-state index in [1.54, 1.807) is 0 Å². The van der Waals surface area contributed by atoms with Gasteiger partial charge in [0.2, 0.25) is 5.95 Å². The molecule has 0 aliphatic carbocycles. The van der Waals surface area contributed by atoms with Crippen LogP contribution in [0, 0.1) is 0 Å². The first-order valence-corrected chi connectivity index (χ1v) is 19.4. The smallest absolute Gasteiger partial charge is 0.238 e. The second kappa shape index (κ2) is 9.69. The van der Waals surface area contributed by atoms with Crippen LogP contribution in [0.5, 0.6) is 0 Å². The molecule has 9 aromatic carbocycles. The van der Waals surface area contributed by atoms with Gasteiger partial charge in [0, 0.05) is 65.0 Å². The summed E-state index contributed by atoms with van der Waals surface area (Å²) in [6, 6.07) is 54.4. The zero-order valence-electron chi connectivity index (χ0n) is 30.1. The highest BCUT2D eigenvalue weighted by atomic mass is 16.3. The van der Waals surface area contributed by atoms with Crippen LogP contribution in [0.1, 0.15) is 0 Å². The molecule has 6 nitrogen and oxygen atoms in total. The van der Waals surface area contributed by atoms with Crippen LogP contribution < -0.4 is 0 Å². The molecule has 0 bridgehead atoms. The van der Waals surface area contributed by atoms with Crippen molar-refractivity contribution in [2.75, 3.05) is 0 Å². The van der Waals surface area contributed by atoms with Crippen molar-refractivity contribution in [3.05, 3.63) is 152 Å². The number of para-hydroxylation sites is 2. The zero-order valence-corrected chi connectivity index (χ0v) is 30.1. The quantitative estimate of drug-likeness (QED) is 0.170. The fourth-order valence-electron chi connectivity index (χ4n) is 10.4. The molecule has 6 heteroatoms. The Balaban J connectivity index is 1.10.